The van der Waals surface area contributed by atoms with E-state index in [0.29, 0.717) is 32.6 Å². The highest BCUT2D eigenvalue weighted by Gasteiger charge is 2.12. The molecule has 0 saturated heterocycles. The van der Waals surface area contributed by atoms with E-state index in [0.717, 1.165) is 28.0 Å². The van der Waals surface area contributed by atoms with E-state index in [1.165, 1.54) is 25.3 Å². The topological polar surface area (TPSA) is 99.8 Å². The summed E-state index contributed by atoms with van der Waals surface area (Å²) in [6, 6.07) is 19.8. The molecule has 5 aromatic rings. The van der Waals surface area contributed by atoms with Crippen LogP contribution >= 0.6 is 11.3 Å². The van der Waals surface area contributed by atoms with Crippen molar-refractivity contribution < 1.29 is 14.0 Å². The lowest BCUT2D eigenvalue weighted by Gasteiger charge is -2.07. The molecule has 0 unspecified atom stereocenters. The summed E-state index contributed by atoms with van der Waals surface area (Å²) in [5.41, 5.74) is 4.81. The number of fused-ring (bicyclic) bond motifs is 1. The monoisotopic (exact) mass is 471 g/mol. The molecule has 0 aliphatic heterocycles. The van der Waals surface area contributed by atoms with Crippen LogP contribution in [0.3, 0.4) is 0 Å². The third-order valence-corrected chi connectivity index (χ3v) is 5.98. The lowest BCUT2D eigenvalue weighted by Crippen LogP contribution is -2.10. The molecular weight excluding hydrogens is 453 g/mol. The van der Waals surface area contributed by atoms with Gasteiger partial charge in [0.05, 0.1) is 17.2 Å². The molecule has 2 heterocycles. The van der Waals surface area contributed by atoms with E-state index in [1.54, 1.807) is 6.07 Å². The van der Waals surface area contributed by atoms with Gasteiger partial charge in [-0.25, -0.2) is 14.4 Å². The summed E-state index contributed by atoms with van der Waals surface area (Å²) in [5.74, 6) is -0.193. The van der Waals surface area contributed by atoms with Gasteiger partial charge in [0.1, 0.15) is 16.5 Å². The Morgan fingerprint density at radius 2 is 1.74 bits per heavy atom. The van der Waals surface area contributed by atoms with Crippen molar-refractivity contribution in [2.24, 2.45) is 0 Å². The van der Waals surface area contributed by atoms with Gasteiger partial charge in [0.15, 0.2) is 5.13 Å². The van der Waals surface area contributed by atoms with Gasteiger partial charge in [0.2, 0.25) is 5.91 Å². The fraction of sp³-hybridized carbons (Fsp3) is 0.0400. The van der Waals surface area contributed by atoms with E-state index in [4.69, 9.17) is 0 Å². The van der Waals surface area contributed by atoms with E-state index >= 15 is 0 Å². The Morgan fingerprint density at radius 1 is 0.941 bits per heavy atom. The van der Waals surface area contributed by atoms with Crippen LogP contribution < -0.4 is 10.6 Å². The first-order valence-corrected chi connectivity index (χ1v) is 11.2. The van der Waals surface area contributed by atoms with Gasteiger partial charge in [-0.05, 0) is 47.5 Å². The summed E-state index contributed by atoms with van der Waals surface area (Å²) in [6.07, 6.45) is 1.43. The second-order valence-corrected chi connectivity index (χ2v) is 8.60. The number of halogens is 1. The minimum absolute atomic E-state index is 0.241. The lowest BCUT2D eigenvalue weighted by atomic mass is 10.0. The molecule has 2 aromatic heterocycles. The van der Waals surface area contributed by atoms with Gasteiger partial charge >= 0.3 is 0 Å². The largest absolute Gasteiger partial charge is 0.338 e. The molecule has 0 fully saturated rings. The highest BCUT2D eigenvalue weighted by atomic mass is 32.1. The van der Waals surface area contributed by atoms with Crippen LogP contribution in [0.2, 0.25) is 0 Å². The zero-order valence-corrected chi connectivity index (χ0v) is 18.7. The first kappa shape index (κ1) is 21.5. The quantitative estimate of drug-likeness (QED) is 0.306. The van der Waals surface area contributed by atoms with Crippen molar-refractivity contribution in [3.63, 3.8) is 0 Å². The lowest BCUT2D eigenvalue weighted by molar-refractivity contribution is -0.114. The van der Waals surface area contributed by atoms with Gasteiger partial charge in [-0.15, -0.1) is 0 Å². The van der Waals surface area contributed by atoms with Crippen LogP contribution in [0, 0.1) is 5.82 Å². The van der Waals surface area contributed by atoms with E-state index < -0.39 is 0 Å². The third kappa shape index (κ3) is 4.55. The fourth-order valence-electron chi connectivity index (χ4n) is 3.49. The van der Waals surface area contributed by atoms with E-state index in [9.17, 15) is 14.0 Å². The molecule has 168 valence electrons. The number of aromatic amines is 1. The second kappa shape index (κ2) is 8.87. The normalized spacial score (nSPS) is 10.9. The zero-order chi connectivity index (χ0) is 23.7. The molecule has 0 aliphatic carbocycles. The van der Waals surface area contributed by atoms with Crippen LogP contribution in [0.5, 0.6) is 0 Å². The molecular formula is C25H18FN5O2S. The number of nitrogens with one attached hydrogen (secondary N) is 3. The molecule has 0 aliphatic rings. The smallest absolute Gasteiger partial charge is 0.267 e. The van der Waals surface area contributed by atoms with Gasteiger partial charge in [-0.2, -0.15) is 0 Å². The van der Waals surface area contributed by atoms with Crippen molar-refractivity contribution in [1.29, 1.82) is 0 Å². The number of H-pyrrole nitrogens is 1. The summed E-state index contributed by atoms with van der Waals surface area (Å²) in [4.78, 5) is 35.7. The Balaban J connectivity index is 1.32. The average Bonchev–Trinajstić information content (AvgIpc) is 3.46. The minimum atomic E-state index is -0.313. The maximum Gasteiger partial charge on any atom is 0.267 e. The molecule has 5 rings (SSSR count). The highest BCUT2D eigenvalue weighted by Crippen LogP contribution is 2.28. The molecule has 0 bridgehead atoms. The number of amides is 2. The Hall–Kier alpha value is -4.37. The summed E-state index contributed by atoms with van der Waals surface area (Å²) >= 11 is 1.11. The summed E-state index contributed by atoms with van der Waals surface area (Å²) in [7, 11) is 0. The van der Waals surface area contributed by atoms with Crippen molar-refractivity contribution in [2.45, 2.75) is 6.92 Å². The second-order valence-electron chi connectivity index (χ2n) is 7.57. The number of thiazole rings is 1. The van der Waals surface area contributed by atoms with E-state index in [-0.39, 0.29) is 17.6 Å². The van der Waals surface area contributed by atoms with Crippen LogP contribution in [-0.4, -0.2) is 26.8 Å². The van der Waals surface area contributed by atoms with Crippen LogP contribution in [0.4, 0.5) is 15.2 Å². The van der Waals surface area contributed by atoms with Crippen LogP contribution in [-0.2, 0) is 4.79 Å². The van der Waals surface area contributed by atoms with Gasteiger partial charge in [0.25, 0.3) is 5.91 Å². The van der Waals surface area contributed by atoms with Crippen LogP contribution in [0.15, 0.2) is 72.9 Å². The van der Waals surface area contributed by atoms with Crippen molar-refractivity contribution in [3.8, 4) is 22.5 Å². The average molecular weight is 472 g/mol. The Kier molecular flexibility index (Phi) is 5.60. The van der Waals surface area contributed by atoms with Gasteiger partial charge < -0.3 is 15.6 Å². The van der Waals surface area contributed by atoms with Gasteiger partial charge in [0, 0.05) is 18.2 Å². The number of benzene rings is 3. The summed E-state index contributed by atoms with van der Waals surface area (Å²) in [5, 5.41) is 5.77. The number of rotatable bonds is 5. The zero-order valence-electron chi connectivity index (χ0n) is 17.9. The molecule has 0 saturated carbocycles. The Labute approximate surface area is 197 Å². The fourth-order valence-corrected chi connectivity index (χ4v) is 4.25. The molecule has 3 aromatic carbocycles. The molecule has 2 amide bonds. The first-order chi connectivity index (χ1) is 16.4. The molecule has 9 heteroatoms. The molecule has 0 spiro atoms. The SMILES string of the molecule is CC(=O)Nc1ncc(C(=O)Nc2ccc(-c3cccc(-c4nc5ccc(F)cc5[nH]4)c3)cc2)s1. The number of hydrogen-bond donors (Lipinski definition) is 3. The number of aromatic nitrogens is 3. The van der Waals surface area contributed by atoms with Gasteiger partial charge in [-0.1, -0.05) is 41.7 Å². The van der Waals surface area contributed by atoms with Crippen molar-refractivity contribution in [2.75, 3.05) is 10.6 Å². The molecule has 7 nitrogen and oxygen atoms in total. The Bertz CT molecular complexity index is 1520. The maximum atomic E-state index is 13.5. The number of nitrogens with zero attached hydrogens (tertiary/aromatic N) is 2. The predicted octanol–water partition coefficient (Wildman–Crippen LogP) is 5.70. The van der Waals surface area contributed by atoms with Crippen molar-refractivity contribution >= 4 is 45.0 Å². The predicted molar refractivity (Wildman–Crippen MR) is 131 cm³/mol. The third-order valence-electron chi connectivity index (χ3n) is 5.07. The summed E-state index contributed by atoms with van der Waals surface area (Å²) in [6.45, 7) is 1.39. The highest BCUT2D eigenvalue weighted by molar-refractivity contribution is 7.17. The van der Waals surface area contributed by atoms with E-state index in [1.807, 2.05) is 48.5 Å². The molecule has 0 radical (unpaired) electrons. The maximum absolute atomic E-state index is 13.5. The number of anilines is 2. The molecule has 3 N–H and O–H groups in total. The number of hydrogen-bond acceptors (Lipinski definition) is 5. The van der Waals surface area contributed by atoms with Gasteiger partial charge in [-0.3, -0.25) is 9.59 Å². The first-order valence-electron chi connectivity index (χ1n) is 10.4. The number of imidazole rings is 1. The minimum Gasteiger partial charge on any atom is -0.338 e. The number of carbonyl (C=O) groups is 2. The molecule has 0 atom stereocenters. The standard InChI is InChI=1S/C25H18FN5O2S/c1-14(32)28-25-27-13-22(34-25)24(33)29-19-8-5-15(6-9-19)16-3-2-4-17(11-16)23-30-20-10-7-18(26)12-21(20)31-23/h2-13H,1H3,(H,29,33)(H,30,31)(H,27,28,32). The Morgan fingerprint density at radius 3 is 2.53 bits per heavy atom. The van der Waals surface area contributed by atoms with Crippen molar-refractivity contribution in [3.05, 3.63) is 83.6 Å². The summed E-state index contributed by atoms with van der Waals surface area (Å²) < 4.78 is 13.5. The molecule has 34 heavy (non-hydrogen) atoms. The number of carbonyl (C=O) groups excluding carboxylic acids is 2. The van der Waals surface area contributed by atoms with Crippen molar-refractivity contribution in [1.82, 2.24) is 15.0 Å². The van der Waals surface area contributed by atoms with Crippen LogP contribution in [0.1, 0.15) is 16.6 Å². The van der Waals surface area contributed by atoms with E-state index in [2.05, 4.69) is 25.6 Å². The van der Waals surface area contributed by atoms with Crippen LogP contribution in [0.25, 0.3) is 33.5 Å².